The fourth-order valence-corrected chi connectivity index (χ4v) is 2.53. The van der Waals surface area contributed by atoms with E-state index in [0.717, 1.165) is 9.88 Å². The van der Waals surface area contributed by atoms with Crippen LogP contribution in [0, 0.1) is 6.92 Å². The standard InChI is InChI=1S/C10H8Cl3N3S/c1-5-14-3-6(17-5)4-15-10-8(12)2-7(11)9(13)16-10/h2-3H,4H2,1H3,(H,15,16). The number of rotatable bonds is 3. The van der Waals surface area contributed by atoms with Crippen molar-refractivity contribution < 1.29 is 0 Å². The van der Waals surface area contributed by atoms with Gasteiger partial charge in [-0.2, -0.15) is 0 Å². The number of halogens is 3. The molecule has 0 amide bonds. The Hall–Kier alpha value is -0.550. The van der Waals surface area contributed by atoms with Gasteiger partial charge in [-0.15, -0.1) is 11.3 Å². The zero-order valence-electron chi connectivity index (χ0n) is 8.80. The van der Waals surface area contributed by atoms with Crippen molar-refractivity contribution in [3.05, 3.63) is 37.3 Å². The second-order valence-corrected chi connectivity index (χ2v) is 5.78. The second kappa shape index (κ2) is 5.40. The molecule has 0 aliphatic heterocycles. The molecule has 2 aromatic heterocycles. The van der Waals surface area contributed by atoms with E-state index in [1.54, 1.807) is 17.4 Å². The highest BCUT2D eigenvalue weighted by atomic mass is 35.5. The normalized spacial score (nSPS) is 10.6. The van der Waals surface area contributed by atoms with Crippen molar-refractivity contribution in [2.75, 3.05) is 5.32 Å². The molecule has 7 heteroatoms. The Balaban J connectivity index is 2.11. The topological polar surface area (TPSA) is 37.8 Å². The highest BCUT2D eigenvalue weighted by Crippen LogP contribution is 2.29. The Bertz CT molecular complexity index is 542. The van der Waals surface area contributed by atoms with Crippen LogP contribution in [0.25, 0.3) is 0 Å². The van der Waals surface area contributed by atoms with Gasteiger partial charge in [-0.3, -0.25) is 0 Å². The first-order chi connectivity index (χ1) is 8.06. The van der Waals surface area contributed by atoms with E-state index in [4.69, 9.17) is 34.8 Å². The predicted octanol–water partition coefficient (Wildman–Crippen LogP) is 4.42. The van der Waals surface area contributed by atoms with Crippen molar-refractivity contribution in [2.24, 2.45) is 0 Å². The van der Waals surface area contributed by atoms with Crippen LogP contribution in [0.5, 0.6) is 0 Å². The van der Waals surface area contributed by atoms with Crippen LogP contribution in [-0.2, 0) is 6.54 Å². The lowest BCUT2D eigenvalue weighted by molar-refractivity contribution is 1.13. The average Bonchev–Trinajstić information content (AvgIpc) is 2.68. The van der Waals surface area contributed by atoms with Crippen molar-refractivity contribution in [3.8, 4) is 0 Å². The maximum atomic E-state index is 5.99. The third-order valence-corrected chi connectivity index (χ3v) is 3.86. The molecule has 17 heavy (non-hydrogen) atoms. The summed E-state index contributed by atoms with van der Waals surface area (Å²) in [4.78, 5) is 9.33. The number of aromatic nitrogens is 2. The minimum Gasteiger partial charge on any atom is -0.364 e. The third-order valence-electron chi connectivity index (χ3n) is 1.99. The average molecular weight is 309 g/mol. The van der Waals surface area contributed by atoms with Crippen LogP contribution >= 0.6 is 46.1 Å². The van der Waals surface area contributed by atoms with E-state index < -0.39 is 0 Å². The van der Waals surface area contributed by atoms with E-state index in [2.05, 4.69) is 15.3 Å². The highest BCUT2D eigenvalue weighted by molar-refractivity contribution is 7.11. The van der Waals surface area contributed by atoms with Crippen LogP contribution in [0.1, 0.15) is 9.88 Å². The lowest BCUT2D eigenvalue weighted by Crippen LogP contribution is -2.00. The summed E-state index contributed by atoms with van der Waals surface area (Å²) >= 11 is 19.2. The predicted molar refractivity (Wildman–Crippen MR) is 73.4 cm³/mol. The molecule has 0 aromatic carbocycles. The maximum Gasteiger partial charge on any atom is 0.150 e. The molecule has 2 heterocycles. The van der Waals surface area contributed by atoms with Gasteiger partial charge in [0.25, 0.3) is 0 Å². The van der Waals surface area contributed by atoms with Crippen LogP contribution in [0.15, 0.2) is 12.3 Å². The van der Waals surface area contributed by atoms with Crippen LogP contribution in [0.3, 0.4) is 0 Å². The van der Waals surface area contributed by atoms with Gasteiger partial charge in [0.15, 0.2) is 0 Å². The van der Waals surface area contributed by atoms with Gasteiger partial charge in [-0.25, -0.2) is 9.97 Å². The summed E-state index contributed by atoms with van der Waals surface area (Å²) in [5.41, 5.74) is 0. The third kappa shape index (κ3) is 3.22. The monoisotopic (exact) mass is 307 g/mol. The second-order valence-electron chi connectivity index (χ2n) is 3.29. The fourth-order valence-electron chi connectivity index (χ4n) is 1.23. The molecule has 0 saturated carbocycles. The van der Waals surface area contributed by atoms with Crippen molar-refractivity contribution in [1.82, 2.24) is 9.97 Å². The molecule has 0 spiro atoms. The smallest absolute Gasteiger partial charge is 0.150 e. The van der Waals surface area contributed by atoms with Crippen LogP contribution in [-0.4, -0.2) is 9.97 Å². The van der Waals surface area contributed by atoms with Crippen LogP contribution in [0.2, 0.25) is 15.2 Å². The SMILES string of the molecule is Cc1ncc(CNc2nc(Cl)c(Cl)cc2Cl)s1. The molecule has 0 radical (unpaired) electrons. The summed E-state index contributed by atoms with van der Waals surface area (Å²) in [6.45, 7) is 2.56. The van der Waals surface area contributed by atoms with Gasteiger partial charge in [0.1, 0.15) is 11.0 Å². The van der Waals surface area contributed by atoms with Gasteiger partial charge >= 0.3 is 0 Å². The van der Waals surface area contributed by atoms with Crippen molar-refractivity contribution in [1.29, 1.82) is 0 Å². The molecule has 90 valence electrons. The molecule has 2 aromatic rings. The summed E-state index contributed by atoms with van der Waals surface area (Å²) < 4.78 is 0. The molecule has 2 rings (SSSR count). The molecule has 0 bridgehead atoms. The Morgan fingerprint density at radius 1 is 1.29 bits per heavy atom. The van der Waals surface area contributed by atoms with Gasteiger partial charge in [0.05, 0.1) is 21.6 Å². The summed E-state index contributed by atoms with van der Waals surface area (Å²) in [6.07, 6.45) is 1.82. The largest absolute Gasteiger partial charge is 0.364 e. The zero-order chi connectivity index (χ0) is 12.4. The Morgan fingerprint density at radius 2 is 2.06 bits per heavy atom. The number of hydrogen-bond donors (Lipinski definition) is 1. The molecule has 3 nitrogen and oxygen atoms in total. The number of thiazole rings is 1. The van der Waals surface area contributed by atoms with Gasteiger partial charge in [0.2, 0.25) is 0 Å². The van der Waals surface area contributed by atoms with Crippen LogP contribution < -0.4 is 5.32 Å². The Kier molecular flexibility index (Phi) is 4.09. The highest BCUT2D eigenvalue weighted by Gasteiger charge is 2.08. The summed E-state index contributed by atoms with van der Waals surface area (Å²) in [6, 6.07) is 1.57. The number of nitrogens with zero attached hydrogens (tertiary/aromatic N) is 2. The van der Waals surface area contributed by atoms with E-state index in [9.17, 15) is 0 Å². The minimum atomic E-state index is 0.235. The molecule has 0 aliphatic carbocycles. The molecule has 1 N–H and O–H groups in total. The lowest BCUT2D eigenvalue weighted by atomic mass is 10.4. The lowest BCUT2D eigenvalue weighted by Gasteiger charge is -2.07. The van der Waals surface area contributed by atoms with Crippen molar-refractivity contribution in [3.63, 3.8) is 0 Å². The van der Waals surface area contributed by atoms with Crippen molar-refractivity contribution >= 4 is 52.0 Å². The van der Waals surface area contributed by atoms with Gasteiger partial charge in [-0.1, -0.05) is 34.8 Å². The number of pyridine rings is 1. The van der Waals surface area contributed by atoms with E-state index >= 15 is 0 Å². The van der Waals surface area contributed by atoms with Gasteiger partial charge < -0.3 is 5.32 Å². The fraction of sp³-hybridized carbons (Fsp3) is 0.200. The molecular formula is C10H8Cl3N3S. The number of hydrogen-bond acceptors (Lipinski definition) is 4. The first kappa shape index (κ1) is 12.9. The molecular weight excluding hydrogens is 301 g/mol. The number of anilines is 1. The Labute approximate surface area is 118 Å². The number of aryl methyl sites for hydroxylation is 1. The molecule has 0 fully saturated rings. The van der Waals surface area contributed by atoms with Gasteiger partial charge in [0, 0.05) is 11.1 Å². The summed E-state index contributed by atoms with van der Waals surface area (Å²) in [5, 5.41) is 5.14. The summed E-state index contributed by atoms with van der Waals surface area (Å²) in [5.74, 6) is 0.520. The van der Waals surface area contributed by atoms with E-state index in [0.29, 0.717) is 22.4 Å². The minimum absolute atomic E-state index is 0.235. The molecule has 0 unspecified atom stereocenters. The Morgan fingerprint density at radius 3 is 2.71 bits per heavy atom. The van der Waals surface area contributed by atoms with Crippen molar-refractivity contribution in [2.45, 2.75) is 13.5 Å². The summed E-state index contributed by atoms with van der Waals surface area (Å²) in [7, 11) is 0. The van der Waals surface area contributed by atoms with E-state index in [1.807, 2.05) is 13.1 Å². The molecule has 0 saturated heterocycles. The maximum absolute atomic E-state index is 5.99. The van der Waals surface area contributed by atoms with Gasteiger partial charge in [-0.05, 0) is 13.0 Å². The number of nitrogens with one attached hydrogen (secondary N) is 1. The molecule has 0 aliphatic rings. The van der Waals surface area contributed by atoms with E-state index in [-0.39, 0.29) is 5.15 Å². The van der Waals surface area contributed by atoms with E-state index in [1.165, 1.54) is 0 Å². The quantitative estimate of drug-likeness (QED) is 0.853. The molecule has 0 atom stereocenters. The zero-order valence-corrected chi connectivity index (χ0v) is 11.9. The first-order valence-corrected chi connectivity index (χ1v) is 6.68. The van der Waals surface area contributed by atoms with Crippen LogP contribution in [0.4, 0.5) is 5.82 Å². The first-order valence-electron chi connectivity index (χ1n) is 4.73.